The van der Waals surface area contributed by atoms with Crippen LogP contribution < -0.4 is 5.32 Å². The van der Waals surface area contributed by atoms with Crippen molar-refractivity contribution in [3.05, 3.63) is 131 Å². The molecule has 1 heteroatoms. The predicted molar refractivity (Wildman–Crippen MR) is 142 cm³/mol. The average molecular weight is 412 g/mol. The summed E-state index contributed by atoms with van der Waals surface area (Å²) in [6.07, 6.45) is 29.4. The van der Waals surface area contributed by atoms with Crippen molar-refractivity contribution in [1.29, 1.82) is 0 Å². The lowest BCUT2D eigenvalue weighted by Gasteiger charge is -1.99. The van der Waals surface area contributed by atoms with E-state index < -0.39 is 0 Å². The summed E-state index contributed by atoms with van der Waals surface area (Å²) in [5.41, 5.74) is 7.20. The molecule has 0 fully saturated rings. The number of nitrogens with one attached hydrogen (secondary N) is 1. The maximum atomic E-state index is 3.13. The van der Waals surface area contributed by atoms with Gasteiger partial charge in [0.1, 0.15) is 0 Å². The van der Waals surface area contributed by atoms with E-state index in [1.807, 2.05) is 20.0 Å². The van der Waals surface area contributed by atoms with Crippen LogP contribution in [0.15, 0.2) is 126 Å². The normalized spacial score (nSPS) is 14.9. The minimum absolute atomic E-state index is 1.12. The lowest BCUT2D eigenvalue weighted by Crippen LogP contribution is -1.86. The molecule has 0 aromatic heterocycles. The van der Waals surface area contributed by atoms with E-state index in [1.54, 1.807) is 0 Å². The second-order valence-corrected chi connectivity index (χ2v) is 7.45. The largest absolute Gasteiger partial charge is 0.388 e. The van der Waals surface area contributed by atoms with Crippen molar-refractivity contribution in [2.24, 2.45) is 0 Å². The lowest BCUT2D eigenvalue weighted by molar-refractivity contribution is 1.48. The van der Waals surface area contributed by atoms with E-state index in [-0.39, 0.29) is 0 Å². The number of anilines is 1. The number of rotatable bonds is 10. The molecule has 1 aromatic rings. The first-order chi connectivity index (χ1) is 14.9. The molecule has 0 aliphatic rings. The molecule has 0 aliphatic carbocycles. The molecule has 1 rings (SSSR count). The zero-order chi connectivity index (χ0) is 22.9. The molecule has 0 aliphatic heterocycles. The van der Waals surface area contributed by atoms with Crippen molar-refractivity contribution < 1.29 is 0 Å². The van der Waals surface area contributed by atoms with Gasteiger partial charge in [0.25, 0.3) is 0 Å². The van der Waals surface area contributed by atoms with E-state index in [9.17, 15) is 0 Å². The highest BCUT2D eigenvalue weighted by atomic mass is 14.8. The minimum atomic E-state index is 1.12. The van der Waals surface area contributed by atoms with E-state index in [1.165, 1.54) is 27.9 Å². The predicted octanol–water partition coefficient (Wildman–Crippen LogP) is 8.77. The summed E-state index contributed by atoms with van der Waals surface area (Å²) < 4.78 is 0. The Morgan fingerprint density at radius 1 is 0.613 bits per heavy atom. The maximum absolute atomic E-state index is 3.13. The number of hydrogen-bond donors (Lipinski definition) is 1. The van der Waals surface area contributed by atoms with Gasteiger partial charge in [-0.1, -0.05) is 119 Å². The van der Waals surface area contributed by atoms with Crippen molar-refractivity contribution in [1.82, 2.24) is 0 Å². The quantitative estimate of drug-likeness (QED) is 0.379. The zero-order valence-corrected chi connectivity index (χ0v) is 19.9. The van der Waals surface area contributed by atoms with E-state index in [2.05, 4.69) is 136 Å². The van der Waals surface area contributed by atoms with Gasteiger partial charge >= 0.3 is 0 Å². The Balaban J connectivity index is 2.56. The smallest absolute Gasteiger partial charge is 0.0337 e. The van der Waals surface area contributed by atoms with Crippen LogP contribution in [0.2, 0.25) is 0 Å². The summed E-state index contributed by atoms with van der Waals surface area (Å²) in [4.78, 5) is 0. The Hall–Kier alpha value is -3.32. The van der Waals surface area contributed by atoms with Gasteiger partial charge in [-0.25, -0.2) is 0 Å². The fraction of sp³-hybridized carbons (Fsp3) is 0.200. The van der Waals surface area contributed by atoms with Crippen LogP contribution in [0.25, 0.3) is 6.08 Å². The van der Waals surface area contributed by atoms with Crippen LogP contribution in [0.3, 0.4) is 0 Å². The number of benzene rings is 1. The molecule has 0 amide bonds. The van der Waals surface area contributed by atoms with Crippen LogP contribution in [-0.4, -0.2) is 7.05 Å². The SMILES string of the molecule is C/C=C/C(C)=C/C=C/C(C)=C/C=C/C=C(C)/C=C/C=C(C)/C=C/c1ccc(NC)cc1. The highest BCUT2D eigenvalue weighted by Crippen LogP contribution is 2.11. The Morgan fingerprint density at radius 3 is 1.55 bits per heavy atom. The third-order valence-electron chi connectivity index (χ3n) is 4.43. The molecule has 0 bridgehead atoms. The second-order valence-electron chi connectivity index (χ2n) is 7.45. The summed E-state index contributed by atoms with van der Waals surface area (Å²) >= 11 is 0. The lowest BCUT2D eigenvalue weighted by atomic mass is 10.1. The molecule has 0 spiro atoms. The van der Waals surface area contributed by atoms with Gasteiger partial charge in [-0.2, -0.15) is 0 Å². The van der Waals surface area contributed by atoms with E-state index in [0.29, 0.717) is 0 Å². The summed E-state index contributed by atoms with van der Waals surface area (Å²) in [5.74, 6) is 0. The first-order valence-electron chi connectivity index (χ1n) is 10.7. The molecule has 31 heavy (non-hydrogen) atoms. The highest BCUT2D eigenvalue weighted by Gasteiger charge is 1.88. The first kappa shape index (κ1) is 25.7. The summed E-state index contributed by atoms with van der Waals surface area (Å²) in [7, 11) is 1.93. The maximum Gasteiger partial charge on any atom is 0.0337 e. The fourth-order valence-corrected chi connectivity index (χ4v) is 2.59. The molecular weight excluding hydrogens is 374 g/mol. The van der Waals surface area contributed by atoms with Gasteiger partial charge in [-0.15, -0.1) is 0 Å². The van der Waals surface area contributed by atoms with Gasteiger partial charge < -0.3 is 5.32 Å². The topological polar surface area (TPSA) is 12.0 Å². The molecular formula is C30H37N. The molecule has 162 valence electrons. The molecule has 0 heterocycles. The second kappa shape index (κ2) is 15.5. The third-order valence-corrected chi connectivity index (χ3v) is 4.43. The van der Waals surface area contributed by atoms with Crippen LogP contribution >= 0.6 is 0 Å². The fourth-order valence-electron chi connectivity index (χ4n) is 2.59. The standard InChI is InChI=1S/C30H37N/c1-7-12-25(2)15-10-16-26(3)13-8-9-14-27(4)17-11-18-28(5)19-20-29-21-23-30(31-6)24-22-29/h7-24,31H,1-6H3/b9-8+,12-7+,16-10+,17-11+,20-19+,25-15+,26-13+,27-14+,28-18+. The van der Waals surface area contributed by atoms with Crippen molar-refractivity contribution in [2.75, 3.05) is 12.4 Å². The van der Waals surface area contributed by atoms with Gasteiger partial charge in [0.15, 0.2) is 0 Å². The molecule has 1 N–H and O–H groups in total. The van der Waals surface area contributed by atoms with E-state index >= 15 is 0 Å². The van der Waals surface area contributed by atoms with E-state index in [0.717, 1.165) is 5.69 Å². The van der Waals surface area contributed by atoms with Crippen molar-refractivity contribution in [3.8, 4) is 0 Å². The Kier molecular flexibility index (Phi) is 12.9. The monoisotopic (exact) mass is 411 g/mol. The van der Waals surface area contributed by atoms with Gasteiger partial charge in [0, 0.05) is 12.7 Å². The van der Waals surface area contributed by atoms with Crippen molar-refractivity contribution in [2.45, 2.75) is 34.6 Å². The van der Waals surface area contributed by atoms with Gasteiger partial charge in [-0.05, 0) is 52.3 Å². The van der Waals surface area contributed by atoms with Gasteiger partial charge in [-0.3, -0.25) is 0 Å². The Morgan fingerprint density at radius 2 is 1.06 bits per heavy atom. The van der Waals surface area contributed by atoms with Crippen LogP contribution in [-0.2, 0) is 0 Å². The first-order valence-corrected chi connectivity index (χ1v) is 10.7. The third kappa shape index (κ3) is 12.8. The molecule has 0 saturated heterocycles. The molecule has 0 unspecified atom stereocenters. The summed E-state index contributed by atoms with van der Waals surface area (Å²) in [6.45, 7) is 10.4. The van der Waals surface area contributed by atoms with Crippen molar-refractivity contribution >= 4 is 11.8 Å². The molecule has 0 atom stereocenters. The summed E-state index contributed by atoms with van der Waals surface area (Å²) in [6, 6.07) is 8.38. The van der Waals surface area contributed by atoms with Crippen LogP contribution in [0.4, 0.5) is 5.69 Å². The minimum Gasteiger partial charge on any atom is -0.388 e. The molecule has 1 nitrogen and oxygen atoms in total. The number of hydrogen-bond acceptors (Lipinski definition) is 1. The Bertz CT molecular complexity index is 937. The summed E-state index contributed by atoms with van der Waals surface area (Å²) in [5, 5.41) is 3.13. The van der Waals surface area contributed by atoms with Crippen molar-refractivity contribution in [3.63, 3.8) is 0 Å². The van der Waals surface area contributed by atoms with Gasteiger partial charge in [0.05, 0.1) is 0 Å². The van der Waals surface area contributed by atoms with Crippen LogP contribution in [0, 0.1) is 0 Å². The molecule has 1 aromatic carbocycles. The van der Waals surface area contributed by atoms with Crippen LogP contribution in [0.1, 0.15) is 40.2 Å². The highest BCUT2D eigenvalue weighted by molar-refractivity contribution is 5.57. The molecule has 0 radical (unpaired) electrons. The number of allylic oxidation sites excluding steroid dienone is 17. The van der Waals surface area contributed by atoms with Gasteiger partial charge in [0.2, 0.25) is 0 Å². The van der Waals surface area contributed by atoms with E-state index in [4.69, 9.17) is 0 Å². The molecule has 0 saturated carbocycles. The average Bonchev–Trinajstić information content (AvgIpc) is 2.76. The zero-order valence-electron chi connectivity index (χ0n) is 19.9. The Labute approximate surface area is 190 Å². The van der Waals surface area contributed by atoms with Crippen LogP contribution in [0.5, 0.6) is 0 Å².